The molecule has 2 aromatic heterocycles. The van der Waals surface area contributed by atoms with E-state index in [0.717, 1.165) is 23.7 Å². The van der Waals surface area contributed by atoms with Crippen molar-refractivity contribution in [2.45, 2.75) is 32.4 Å². The largest absolute Gasteiger partial charge is 0.417 e. The van der Waals surface area contributed by atoms with E-state index in [1.165, 1.54) is 6.07 Å². The quantitative estimate of drug-likeness (QED) is 0.312. The van der Waals surface area contributed by atoms with E-state index in [-0.39, 0.29) is 24.1 Å². The summed E-state index contributed by atoms with van der Waals surface area (Å²) in [4.78, 5) is 21.0. The summed E-state index contributed by atoms with van der Waals surface area (Å²) in [7, 11) is 0. The summed E-state index contributed by atoms with van der Waals surface area (Å²) in [6.07, 6.45) is -1.84. The van der Waals surface area contributed by atoms with Crippen molar-refractivity contribution in [3.63, 3.8) is 0 Å². The number of carbonyl (C=O) groups excluding carboxylic acids is 1. The number of alkyl halides is 3. The zero-order chi connectivity index (χ0) is 22.9. The van der Waals surface area contributed by atoms with Crippen LogP contribution in [0.1, 0.15) is 40.8 Å². The van der Waals surface area contributed by atoms with Gasteiger partial charge >= 0.3 is 6.18 Å². The lowest BCUT2D eigenvalue weighted by atomic mass is 10.1. The van der Waals surface area contributed by atoms with Crippen LogP contribution in [0.25, 0.3) is 16.7 Å². The number of nitrogens with zero attached hydrogens (tertiary/aromatic N) is 3. The van der Waals surface area contributed by atoms with Crippen LogP contribution in [0.3, 0.4) is 0 Å². The van der Waals surface area contributed by atoms with E-state index in [2.05, 4.69) is 9.97 Å². The lowest BCUT2D eigenvalue weighted by molar-refractivity contribution is -0.137. The Morgan fingerprint density at radius 2 is 1.84 bits per heavy atom. The van der Waals surface area contributed by atoms with E-state index in [1.54, 1.807) is 29.0 Å². The molecular weight excluding hydrogens is 439 g/mol. The number of pyridine rings is 1. The predicted molar refractivity (Wildman–Crippen MR) is 117 cm³/mol. The number of benzene rings is 2. The Hall–Kier alpha value is -3.19. The Morgan fingerprint density at radius 1 is 1.09 bits per heavy atom. The van der Waals surface area contributed by atoms with Crippen molar-refractivity contribution in [2.24, 2.45) is 0 Å². The fraction of sp³-hybridized carbons (Fsp3) is 0.208. The average Bonchev–Trinajstić information content (AvgIpc) is 3.14. The number of ketones is 1. The third kappa shape index (κ3) is 4.39. The molecule has 0 unspecified atom stereocenters. The molecule has 0 radical (unpaired) electrons. The first-order valence-electron chi connectivity index (χ1n) is 10.1. The minimum atomic E-state index is -4.59. The highest BCUT2D eigenvalue weighted by Gasteiger charge is 2.34. The van der Waals surface area contributed by atoms with Crippen molar-refractivity contribution in [2.75, 3.05) is 0 Å². The summed E-state index contributed by atoms with van der Waals surface area (Å²) in [5.74, 6) is 0.309. The molecule has 0 fully saturated rings. The van der Waals surface area contributed by atoms with Gasteiger partial charge in [0.2, 0.25) is 0 Å². The summed E-state index contributed by atoms with van der Waals surface area (Å²) in [6, 6.07) is 15.0. The highest BCUT2D eigenvalue weighted by atomic mass is 35.5. The highest BCUT2D eigenvalue weighted by molar-refractivity contribution is 6.32. The normalized spacial score (nSPS) is 11.8. The first-order chi connectivity index (χ1) is 15.3. The van der Waals surface area contributed by atoms with Crippen LogP contribution in [0, 0.1) is 0 Å². The van der Waals surface area contributed by atoms with E-state index >= 15 is 0 Å². The smallest absolute Gasteiger partial charge is 0.296 e. The van der Waals surface area contributed by atoms with Crippen LogP contribution in [0.15, 0.2) is 60.8 Å². The van der Waals surface area contributed by atoms with Gasteiger partial charge in [0.1, 0.15) is 11.5 Å². The molecule has 0 atom stereocenters. The summed E-state index contributed by atoms with van der Waals surface area (Å²) >= 11 is 5.99. The number of aryl methyl sites for hydroxylation is 2. The second-order valence-corrected chi connectivity index (χ2v) is 7.75. The maximum absolute atomic E-state index is 13.4. The minimum Gasteiger partial charge on any atom is -0.296 e. The van der Waals surface area contributed by atoms with Crippen LogP contribution in [-0.2, 0) is 19.0 Å². The van der Waals surface area contributed by atoms with Gasteiger partial charge in [-0.25, -0.2) is 4.98 Å². The summed E-state index contributed by atoms with van der Waals surface area (Å²) in [5, 5.41) is -0.396. The van der Waals surface area contributed by atoms with E-state index < -0.39 is 16.8 Å². The van der Waals surface area contributed by atoms with Crippen molar-refractivity contribution in [1.29, 1.82) is 0 Å². The van der Waals surface area contributed by atoms with Crippen LogP contribution in [0.4, 0.5) is 13.2 Å². The Bertz CT molecular complexity index is 1270. The highest BCUT2D eigenvalue weighted by Crippen LogP contribution is 2.38. The molecule has 0 aliphatic carbocycles. The van der Waals surface area contributed by atoms with Crippen molar-refractivity contribution in [3.8, 4) is 5.69 Å². The standard InChI is InChI=1S/C24H19ClF3N3O/c1-2-15-6-8-16(9-7-15)31-21-14-18(25)17(24(26,27)28)13-20(21)30-23(31)11-10-22(32)19-5-3-4-12-29-19/h3-9,12-14H,2,10-11H2,1H3. The summed E-state index contributed by atoms with van der Waals surface area (Å²) in [5.41, 5.74) is 1.89. The van der Waals surface area contributed by atoms with Crippen LogP contribution < -0.4 is 0 Å². The first-order valence-corrected chi connectivity index (χ1v) is 10.5. The summed E-state index contributed by atoms with van der Waals surface area (Å²) in [6.45, 7) is 2.04. The Morgan fingerprint density at radius 3 is 2.47 bits per heavy atom. The topological polar surface area (TPSA) is 47.8 Å². The number of Topliss-reactive ketones (excluding diaryl/α,β-unsaturated/α-hetero) is 1. The molecule has 4 nitrogen and oxygen atoms in total. The molecule has 4 aromatic rings. The molecule has 0 N–H and O–H groups in total. The van der Waals surface area contributed by atoms with Crippen molar-refractivity contribution < 1.29 is 18.0 Å². The SMILES string of the molecule is CCc1ccc(-n2c(CCC(=O)c3ccccn3)nc3cc(C(F)(F)F)c(Cl)cc32)cc1. The molecule has 0 bridgehead atoms. The fourth-order valence-corrected chi connectivity index (χ4v) is 3.85. The fourth-order valence-electron chi connectivity index (χ4n) is 3.58. The first kappa shape index (κ1) is 22.0. The van der Waals surface area contributed by atoms with Crippen molar-refractivity contribution in [1.82, 2.24) is 14.5 Å². The van der Waals surface area contributed by atoms with Gasteiger partial charge in [-0.05, 0) is 48.4 Å². The van der Waals surface area contributed by atoms with Gasteiger partial charge in [0, 0.05) is 24.7 Å². The number of aromatic nitrogens is 3. The molecule has 164 valence electrons. The van der Waals surface area contributed by atoms with Crippen LogP contribution in [0.2, 0.25) is 5.02 Å². The van der Waals surface area contributed by atoms with E-state index in [0.29, 0.717) is 17.0 Å². The van der Waals surface area contributed by atoms with Gasteiger partial charge in [-0.15, -0.1) is 0 Å². The van der Waals surface area contributed by atoms with Gasteiger partial charge in [0.25, 0.3) is 0 Å². The molecule has 4 rings (SSSR count). The molecule has 0 aliphatic heterocycles. The molecule has 0 saturated heterocycles. The number of imidazole rings is 1. The van der Waals surface area contributed by atoms with E-state index in [9.17, 15) is 18.0 Å². The third-order valence-electron chi connectivity index (χ3n) is 5.25. The Kier molecular flexibility index (Phi) is 6.02. The molecule has 0 amide bonds. The van der Waals surface area contributed by atoms with Gasteiger partial charge in [0.15, 0.2) is 5.78 Å². The lowest BCUT2D eigenvalue weighted by Crippen LogP contribution is -2.07. The third-order valence-corrected chi connectivity index (χ3v) is 5.56. The molecule has 0 saturated carbocycles. The predicted octanol–water partition coefficient (Wildman–Crippen LogP) is 6.47. The van der Waals surface area contributed by atoms with E-state index in [1.807, 2.05) is 31.2 Å². The average molecular weight is 458 g/mol. The second kappa shape index (κ2) is 8.74. The maximum Gasteiger partial charge on any atom is 0.417 e. The van der Waals surface area contributed by atoms with Crippen LogP contribution in [0.5, 0.6) is 0 Å². The number of rotatable bonds is 6. The molecule has 2 heterocycles. The van der Waals surface area contributed by atoms with Crippen LogP contribution >= 0.6 is 11.6 Å². The van der Waals surface area contributed by atoms with Gasteiger partial charge in [-0.2, -0.15) is 13.2 Å². The monoisotopic (exact) mass is 457 g/mol. The number of carbonyl (C=O) groups is 1. The number of fused-ring (bicyclic) bond motifs is 1. The van der Waals surface area contributed by atoms with E-state index in [4.69, 9.17) is 11.6 Å². The molecule has 0 aliphatic rings. The minimum absolute atomic E-state index is 0.118. The number of hydrogen-bond acceptors (Lipinski definition) is 3. The van der Waals surface area contributed by atoms with Gasteiger partial charge in [0.05, 0.1) is 21.6 Å². The summed E-state index contributed by atoms with van der Waals surface area (Å²) < 4.78 is 41.8. The Balaban J connectivity index is 1.79. The van der Waals surface area contributed by atoms with Crippen molar-refractivity contribution in [3.05, 3.63) is 88.5 Å². The molecular formula is C24H19ClF3N3O. The zero-order valence-corrected chi connectivity index (χ0v) is 17.9. The molecule has 8 heteroatoms. The second-order valence-electron chi connectivity index (χ2n) is 7.34. The maximum atomic E-state index is 13.4. The van der Waals surface area contributed by atoms with Crippen molar-refractivity contribution >= 4 is 28.4 Å². The zero-order valence-electron chi connectivity index (χ0n) is 17.2. The van der Waals surface area contributed by atoms with Gasteiger partial charge in [-0.3, -0.25) is 14.3 Å². The lowest BCUT2D eigenvalue weighted by Gasteiger charge is -2.12. The molecule has 0 spiro atoms. The van der Waals surface area contributed by atoms with Gasteiger partial charge in [-0.1, -0.05) is 36.7 Å². The van der Waals surface area contributed by atoms with Gasteiger partial charge < -0.3 is 0 Å². The number of hydrogen-bond donors (Lipinski definition) is 0. The molecule has 2 aromatic carbocycles. The Labute approximate surface area is 187 Å². The van der Waals surface area contributed by atoms with Crippen LogP contribution in [-0.4, -0.2) is 20.3 Å². The number of halogens is 4. The molecule has 32 heavy (non-hydrogen) atoms.